The molecule has 0 heterocycles. The molecule has 150 valence electrons. The van der Waals surface area contributed by atoms with Crippen molar-refractivity contribution in [2.45, 2.75) is 24.8 Å². The number of rotatable bonds is 7. The van der Waals surface area contributed by atoms with E-state index in [1.165, 1.54) is 50.4 Å². The highest BCUT2D eigenvalue weighted by molar-refractivity contribution is 7.89. The number of hydrogen-bond donors (Lipinski definition) is 2. The fourth-order valence-corrected chi connectivity index (χ4v) is 3.63. The van der Waals surface area contributed by atoms with Crippen molar-refractivity contribution in [3.05, 3.63) is 59.9 Å². The third-order valence-electron chi connectivity index (χ3n) is 4.00. The maximum atomic E-state index is 13.0. The number of halogens is 1. The highest BCUT2D eigenvalue weighted by atomic mass is 32.2. The largest absolute Gasteiger partial charge is 0.348 e. The van der Waals surface area contributed by atoms with E-state index in [9.17, 15) is 22.4 Å². The van der Waals surface area contributed by atoms with E-state index in [1.54, 1.807) is 19.1 Å². The maximum absolute atomic E-state index is 13.0. The molecule has 0 fully saturated rings. The summed E-state index contributed by atoms with van der Waals surface area (Å²) in [5.74, 6) is -1.13. The Kier molecular flexibility index (Phi) is 6.87. The van der Waals surface area contributed by atoms with E-state index in [0.717, 1.165) is 4.31 Å². The van der Waals surface area contributed by atoms with Crippen LogP contribution < -0.4 is 10.6 Å². The van der Waals surface area contributed by atoms with Crippen molar-refractivity contribution in [3.63, 3.8) is 0 Å². The van der Waals surface area contributed by atoms with E-state index >= 15 is 0 Å². The van der Waals surface area contributed by atoms with Gasteiger partial charge in [-0.25, -0.2) is 12.8 Å². The third kappa shape index (κ3) is 5.61. The molecule has 9 heteroatoms. The summed E-state index contributed by atoms with van der Waals surface area (Å²) in [5, 5.41) is 5.24. The number of carbonyl (C=O) groups is 2. The Morgan fingerprint density at radius 1 is 1.07 bits per heavy atom. The Balaban J connectivity index is 2.01. The van der Waals surface area contributed by atoms with Crippen LogP contribution in [0.5, 0.6) is 0 Å². The molecule has 2 aromatic rings. The van der Waals surface area contributed by atoms with Crippen LogP contribution in [0.25, 0.3) is 0 Å². The predicted molar refractivity (Wildman–Crippen MR) is 104 cm³/mol. The van der Waals surface area contributed by atoms with Crippen LogP contribution in [-0.4, -0.2) is 38.1 Å². The molecule has 0 spiro atoms. The summed E-state index contributed by atoms with van der Waals surface area (Å²) in [7, 11) is -2.57. The number of likely N-dealkylation sites (N-methyl/N-ethyl adjacent to an activating group) is 1. The monoisotopic (exact) mass is 407 g/mol. The van der Waals surface area contributed by atoms with Gasteiger partial charge >= 0.3 is 0 Å². The molecule has 2 rings (SSSR count). The van der Waals surface area contributed by atoms with Crippen LogP contribution in [0.15, 0.2) is 53.4 Å². The number of nitrogens with zero attached hydrogens (tertiary/aromatic N) is 1. The molecule has 0 aliphatic heterocycles. The molecule has 0 aliphatic rings. The molecule has 2 N–H and O–H groups in total. The van der Waals surface area contributed by atoms with Gasteiger partial charge in [0.05, 0.1) is 17.5 Å². The summed E-state index contributed by atoms with van der Waals surface area (Å²) < 4.78 is 39.1. The number of anilines is 1. The van der Waals surface area contributed by atoms with Gasteiger partial charge in [-0.05, 0) is 48.9 Å². The highest BCUT2D eigenvalue weighted by Gasteiger charge is 2.23. The Hall–Kier alpha value is -2.78. The Bertz CT molecular complexity index is 944. The second-order valence-corrected chi connectivity index (χ2v) is 8.35. The summed E-state index contributed by atoms with van der Waals surface area (Å²) in [4.78, 5) is 23.3. The first-order chi connectivity index (χ1) is 13.1. The van der Waals surface area contributed by atoms with E-state index in [0.29, 0.717) is 11.3 Å². The van der Waals surface area contributed by atoms with Gasteiger partial charge in [0.15, 0.2) is 0 Å². The zero-order chi connectivity index (χ0) is 20.9. The number of benzene rings is 2. The smallest absolute Gasteiger partial charge is 0.243 e. The second kappa shape index (κ2) is 8.94. The van der Waals surface area contributed by atoms with Gasteiger partial charge < -0.3 is 10.6 Å². The minimum Gasteiger partial charge on any atom is -0.348 e. The fraction of sp³-hybridized carbons (Fsp3) is 0.263. The van der Waals surface area contributed by atoms with Gasteiger partial charge in [0.25, 0.3) is 0 Å². The van der Waals surface area contributed by atoms with Crippen LogP contribution in [-0.2, 0) is 19.6 Å². The van der Waals surface area contributed by atoms with Gasteiger partial charge in [-0.15, -0.1) is 0 Å². The average Bonchev–Trinajstić information content (AvgIpc) is 2.62. The zero-order valence-electron chi connectivity index (χ0n) is 15.8. The quantitative estimate of drug-likeness (QED) is 0.736. The molecule has 0 bridgehead atoms. The summed E-state index contributed by atoms with van der Waals surface area (Å²) in [5.41, 5.74) is 1.17. The lowest BCUT2D eigenvalue weighted by molar-refractivity contribution is -0.121. The van der Waals surface area contributed by atoms with Crippen molar-refractivity contribution in [1.29, 1.82) is 0 Å². The van der Waals surface area contributed by atoms with Crippen LogP contribution in [0.2, 0.25) is 0 Å². The second-order valence-electron chi connectivity index (χ2n) is 6.31. The van der Waals surface area contributed by atoms with E-state index in [-0.39, 0.29) is 23.2 Å². The first kappa shape index (κ1) is 21.5. The molecule has 0 radical (unpaired) electrons. The predicted octanol–water partition coefficient (Wildman–Crippen LogP) is 2.28. The summed E-state index contributed by atoms with van der Waals surface area (Å²) in [6, 6.07) is 10.9. The standard InChI is InChI=1S/C19H22FN3O4S/c1-13(15-4-6-16(20)7-5-15)21-19(25)12-23(3)28(26,27)18-10-8-17(9-11-18)22-14(2)24/h4-11,13H,12H2,1-3H3,(H,21,25)(H,22,24). The Morgan fingerprint density at radius 2 is 1.64 bits per heavy atom. The third-order valence-corrected chi connectivity index (χ3v) is 5.81. The molecule has 1 unspecified atom stereocenters. The number of carbonyl (C=O) groups excluding carboxylic acids is 2. The molecule has 2 amide bonds. The van der Waals surface area contributed by atoms with Crippen LogP contribution >= 0.6 is 0 Å². The number of amides is 2. The molecular weight excluding hydrogens is 385 g/mol. The minimum atomic E-state index is -3.88. The van der Waals surface area contributed by atoms with Crippen LogP contribution in [0.3, 0.4) is 0 Å². The van der Waals surface area contributed by atoms with Crippen molar-refractivity contribution in [2.24, 2.45) is 0 Å². The molecular formula is C19H22FN3O4S. The van der Waals surface area contributed by atoms with Crippen molar-refractivity contribution >= 4 is 27.5 Å². The van der Waals surface area contributed by atoms with E-state index in [2.05, 4.69) is 10.6 Å². The Labute approximate surface area is 163 Å². The number of hydrogen-bond acceptors (Lipinski definition) is 4. The molecule has 7 nitrogen and oxygen atoms in total. The van der Waals surface area contributed by atoms with E-state index in [1.807, 2.05) is 0 Å². The Morgan fingerprint density at radius 3 is 2.18 bits per heavy atom. The highest BCUT2D eigenvalue weighted by Crippen LogP contribution is 2.18. The van der Waals surface area contributed by atoms with Gasteiger partial charge in [0.1, 0.15) is 5.82 Å². The molecule has 0 aliphatic carbocycles. The van der Waals surface area contributed by atoms with Crippen molar-refractivity contribution in [1.82, 2.24) is 9.62 Å². The fourth-order valence-electron chi connectivity index (χ4n) is 2.50. The van der Waals surface area contributed by atoms with Gasteiger partial charge in [0.2, 0.25) is 21.8 Å². The van der Waals surface area contributed by atoms with Gasteiger partial charge in [-0.3, -0.25) is 9.59 Å². The average molecular weight is 407 g/mol. The molecule has 0 aromatic heterocycles. The normalized spacial score (nSPS) is 12.5. The maximum Gasteiger partial charge on any atom is 0.243 e. The van der Waals surface area contributed by atoms with Gasteiger partial charge in [0, 0.05) is 19.7 Å². The lowest BCUT2D eigenvalue weighted by Gasteiger charge is -2.19. The molecule has 0 saturated carbocycles. The minimum absolute atomic E-state index is 0.00323. The SMILES string of the molecule is CC(=O)Nc1ccc(S(=O)(=O)N(C)CC(=O)NC(C)c2ccc(F)cc2)cc1. The summed E-state index contributed by atoms with van der Waals surface area (Å²) >= 11 is 0. The molecule has 0 saturated heterocycles. The van der Waals surface area contributed by atoms with Crippen LogP contribution in [0, 0.1) is 5.82 Å². The van der Waals surface area contributed by atoms with Crippen molar-refractivity contribution < 1.29 is 22.4 Å². The van der Waals surface area contributed by atoms with Gasteiger partial charge in [-0.2, -0.15) is 4.31 Å². The molecule has 2 aromatic carbocycles. The lowest BCUT2D eigenvalue weighted by Crippen LogP contribution is -2.39. The molecule has 1 atom stereocenters. The van der Waals surface area contributed by atoms with Crippen LogP contribution in [0.4, 0.5) is 10.1 Å². The molecule has 28 heavy (non-hydrogen) atoms. The topological polar surface area (TPSA) is 95.6 Å². The number of sulfonamides is 1. The van der Waals surface area contributed by atoms with E-state index < -0.39 is 22.0 Å². The van der Waals surface area contributed by atoms with Crippen LogP contribution in [0.1, 0.15) is 25.5 Å². The van der Waals surface area contributed by atoms with Crippen molar-refractivity contribution in [3.8, 4) is 0 Å². The number of nitrogens with one attached hydrogen (secondary N) is 2. The van der Waals surface area contributed by atoms with Crippen molar-refractivity contribution in [2.75, 3.05) is 18.9 Å². The first-order valence-electron chi connectivity index (χ1n) is 8.48. The summed E-state index contributed by atoms with van der Waals surface area (Å²) in [6.07, 6.45) is 0. The van der Waals surface area contributed by atoms with Gasteiger partial charge in [-0.1, -0.05) is 12.1 Å². The van der Waals surface area contributed by atoms with E-state index in [4.69, 9.17) is 0 Å². The first-order valence-corrected chi connectivity index (χ1v) is 9.92. The summed E-state index contributed by atoms with van der Waals surface area (Å²) in [6.45, 7) is 2.70. The lowest BCUT2D eigenvalue weighted by atomic mass is 10.1. The zero-order valence-corrected chi connectivity index (χ0v) is 16.6.